The minimum Gasteiger partial charge on any atom is -0.481 e. The van der Waals surface area contributed by atoms with Crippen LogP contribution in [0, 0.1) is 5.82 Å². The van der Waals surface area contributed by atoms with Crippen molar-refractivity contribution in [3.05, 3.63) is 94.9 Å². The van der Waals surface area contributed by atoms with Gasteiger partial charge in [0, 0.05) is 67.1 Å². The predicted octanol–water partition coefficient (Wildman–Crippen LogP) is 5.18. The van der Waals surface area contributed by atoms with Gasteiger partial charge in [0.1, 0.15) is 5.82 Å². The van der Waals surface area contributed by atoms with Crippen molar-refractivity contribution in [2.45, 2.75) is 37.1 Å². The predicted molar refractivity (Wildman–Crippen MR) is 168 cm³/mol. The molecule has 4 aromatic rings. The van der Waals surface area contributed by atoms with Gasteiger partial charge in [0.2, 0.25) is 10.0 Å². The van der Waals surface area contributed by atoms with Gasteiger partial charge in [-0.25, -0.2) is 17.5 Å². The van der Waals surface area contributed by atoms with Crippen LogP contribution in [0.2, 0.25) is 5.02 Å². The third-order valence-electron chi connectivity index (χ3n) is 7.91. The van der Waals surface area contributed by atoms with Crippen LogP contribution in [0.4, 0.5) is 10.1 Å². The molecule has 1 saturated heterocycles. The van der Waals surface area contributed by atoms with Crippen LogP contribution in [0.5, 0.6) is 0 Å². The number of piperazine rings is 1. The first-order valence-corrected chi connectivity index (χ1v) is 16.3. The maximum Gasteiger partial charge on any atom is 0.305 e. The summed E-state index contributed by atoms with van der Waals surface area (Å²) >= 11 is 5.89. The molecule has 5 rings (SSSR count). The minimum absolute atomic E-state index is 0.0375. The Balaban J connectivity index is 1.20. The first kappa shape index (κ1) is 31.0. The van der Waals surface area contributed by atoms with Gasteiger partial charge in [0.15, 0.2) is 0 Å². The highest BCUT2D eigenvalue weighted by molar-refractivity contribution is 7.89. The molecule has 3 aromatic carbocycles. The van der Waals surface area contributed by atoms with Crippen LogP contribution < -0.4 is 9.62 Å². The molecular formula is C32H36ClFN4O4S. The fraction of sp³-hybridized carbons (Fsp3) is 0.344. The lowest BCUT2D eigenvalue weighted by Gasteiger charge is -2.36. The third-order valence-corrected chi connectivity index (χ3v) is 9.64. The van der Waals surface area contributed by atoms with Crippen LogP contribution in [0.15, 0.2) is 77.8 Å². The van der Waals surface area contributed by atoms with Gasteiger partial charge >= 0.3 is 5.97 Å². The monoisotopic (exact) mass is 626 g/mol. The minimum atomic E-state index is -3.64. The number of nitrogens with zero attached hydrogens (tertiary/aromatic N) is 3. The van der Waals surface area contributed by atoms with Crippen molar-refractivity contribution in [3.63, 3.8) is 0 Å². The largest absolute Gasteiger partial charge is 0.481 e. The number of fused-ring (bicyclic) bond motifs is 1. The average Bonchev–Trinajstić information content (AvgIpc) is 3.34. The van der Waals surface area contributed by atoms with E-state index < -0.39 is 16.0 Å². The summed E-state index contributed by atoms with van der Waals surface area (Å²) in [6.07, 6.45) is 4.42. The van der Waals surface area contributed by atoms with E-state index in [-0.39, 0.29) is 23.7 Å². The highest BCUT2D eigenvalue weighted by Gasteiger charge is 2.18. The molecule has 1 fully saturated rings. The van der Waals surface area contributed by atoms with Crippen molar-refractivity contribution in [2.24, 2.45) is 0 Å². The first-order chi connectivity index (χ1) is 20.7. The number of aromatic nitrogens is 1. The zero-order valence-electron chi connectivity index (χ0n) is 23.9. The number of aryl methyl sites for hydroxylation is 2. The number of hydrogen-bond acceptors (Lipinski definition) is 5. The lowest BCUT2D eigenvalue weighted by atomic mass is 10.0. The van der Waals surface area contributed by atoms with Crippen molar-refractivity contribution >= 4 is 44.2 Å². The van der Waals surface area contributed by atoms with E-state index in [1.807, 2.05) is 28.8 Å². The standard InChI is InChI=1S/C32H36ClFN4O4S/c33-26-4-10-29(11-5-26)43(41,42)35-15-13-24-3-12-31-30(22-24)25(23-38(31)17-14-32(39)40)2-1-16-36-18-20-37(21-19-36)28-8-6-27(34)7-9-28/h3-12,22-23,35H,1-2,13-21H2,(H,39,40). The zero-order chi connectivity index (χ0) is 30.4. The third kappa shape index (κ3) is 8.14. The van der Waals surface area contributed by atoms with Crippen molar-refractivity contribution in [1.29, 1.82) is 0 Å². The average molecular weight is 627 g/mol. The van der Waals surface area contributed by atoms with E-state index in [0.29, 0.717) is 18.0 Å². The molecule has 0 radical (unpaired) electrons. The van der Waals surface area contributed by atoms with Gasteiger partial charge < -0.3 is 14.6 Å². The lowest BCUT2D eigenvalue weighted by Crippen LogP contribution is -2.46. The number of sulfonamides is 1. The molecule has 0 amide bonds. The van der Waals surface area contributed by atoms with Gasteiger partial charge in [0.25, 0.3) is 0 Å². The molecule has 0 saturated carbocycles. The summed E-state index contributed by atoms with van der Waals surface area (Å²) < 4.78 is 43.3. The van der Waals surface area contributed by atoms with E-state index in [4.69, 9.17) is 11.6 Å². The van der Waals surface area contributed by atoms with Gasteiger partial charge in [-0.3, -0.25) is 9.69 Å². The van der Waals surface area contributed by atoms with Gasteiger partial charge in [-0.15, -0.1) is 0 Å². The van der Waals surface area contributed by atoms with Crippen LogP contribution in [0.25, 0.3) is 10.9 Å². The summed E-state index contributed by atoms with van der Waals surface area (Å²) in [5.74, 6) is -1.06. The van der Waals surface area contributed by atoms with E-state index in [2.05, 4.69) is 26.8 Å². The highest BCUT2D eigenvalue weighted by Crippen LogP contribution is 2.26. The fourth-order valence-electron chi connectivity index (χ4n) is 5.58. The number of anilines is 1. The Morgan fingerprint density at radius 1 is 0.930 bits per heavy atom. The number of carbonyl (C=O) groups is 1. The summed E-state index contributed by atoms with van der Waals surface area (Å²) in [5.41, 5.74) is 4.19. The quantitative estimate of drug-likeness (QED) is 0.212. The number of carboxylic acid groups (broad SMARTS) is 1. The number of rotatable bonds is 13. The van der Waals surface area contributed by atoms with Crippen LogP contribution in [0.1, 0.15) is 24.0 Å². The molecule has 0 bridgehead atoms. The van der Waals surface area contributed by atoms with E-state index in [1.165, 1.54) is 24.3 Å². The second-order valence-electron chi connectivity index (χ2n) is 10.9. The number of halogens is 2. The second kappa shape index (κ2) is 13.9. The summed E-state index contributed by atoms with van der Waals surface area (Å²) in [5, 5.41) is 10.8. The van der Waals surface area contributed by atoms with Crippen molar-refractivity contribution in [1.82, 2.24) is 14.2 Å². The molecule has 11 heteroatoms. The molecule has 0 aliphatic carbocycles. The Morgan fingerprint density at radius 2 is 1.65 bits per heavy atom. The van der Waals surface area contributed by atoms with Crippen molar-refractivity contribution in [2.75, 3.05) is 44.2 Å². The van der Waals surface area contributed by atoms with Gasteiger partial charge in [-0.05, 0) is 97.6 Å². The molecule has 0 unspecified atom stereocenters. The van der Waals surface area contributed by atoms with Crippen LogP contribution >= 0.6 is 11.6 Å². The number of aliphatic carboxylic acids is 1. The number of benzene rings is 3. The van der Waals surface area contributed by atoms with Crippen LogP contribution in [-0.4, -0.2) is 68.2 Å². The SMILES string of the molecule is O=C(O)CCn1cc(CCCN2CCN(c3ccc(F)cc3)CC2)c2cc(CCNS(=O)(=O)c3ccc(Cl)cc3)ccc21. The maximum atomic E-state index is 13.3. The Kier molecular flexibility index (Phi) is 10.0. The molecule has 0 atom stereocenters. The van der Waals surface area contributed by atoms with E-state index in [9.17, 15) is 22.7 Å². The summed E-state index contributed by atoms with van der Waals surface area (Å²) in [4.78, 5) is 16.2. The molecule has 1 aliphatic rings. The van der Waals surface area contributed by atoms with Crippen LogP contribution in [0.3, 0.4) is 0 Å². The maximum absolute atomic E-state index is 13.3. The molecule has 0 spiro atoms. The van der Waals surface area contributed by atoms with Gasteiger partial charge in [0.05, 0.1) is 11.3 Å². The lowest BCUT2D eigenvalue weighted by molar-refractivity contribution is -0.137. The molecule has 43 heavy (non-hydrogen) atoms. The van der Waals surface area contributed by atoms with E-state index in [0.717, 1.165) is 73.3 Å². The number of nitrogens with one attached hydrogen (secondary N) is 1. The highest BCUT2D eigenvalue weighted by atomic mass is 35.5. The summed E-state index contributed by atoms with van der Waals surface area (Å²) in [6.45, 7) is 5.25. The first-order valence-electron chi connectivity index (χ1n) is 14.5. The summed E-state index contributed by atoms with van der Waals surface area (Å²) in [7, 11) is -3.64. The topological polar surface area (TPSA) is 94.9 Å². The Bertz CT molecular complexity index is 1650. The van der Waals surface area contributed by atoms with E-state index >= 15 is 0 Å². The molecule has 228 valence electrons. The molecule has 1 aromatic heterocycles. The van der Waals surface area contributed by atoms with E-state index in [1.54, 1.807) is 12.1 Å². The number of carboxylic acids is 1. The summed E-state index contributed by atoms with van der Waals surface area (Å²) in [6, 6.07) is 18.8. The van der Waals surface area contributed by atoms with Crippen LogP contribution in [-0.2, 0) is 34.2 Å². The fourth-order valence-corrected chi connectivity index (χ4v) is 6.73. The molecular weight excluding hydrogens is 591 g/mol. The Labute approximate surface area is 256 Å². The van der Waals surface area contributed by atoms with Gasteiger partial charge in [-0.2, -0.15) is 0 Å². The molecule has 2 N–H and O–H groups in total. The zero-order valence-corrected chi connectivity index (χ0v) is 25.5. The van der Waals surface area contributed by atoms with Crippen molar-refractivity contribution < 1.29 is 22.7 Å². The Hall–Kier alpha value is -3.44. The normalized spacial score (nSPS) is 14.4. The molecule has 2 heterocycles. The van der Waals surface area contributed by atoms with Crippen molar-refractivity contribution in [3.8, 4) is 0 Å². The Morgan fingerprint density at radius 3 is 2.35 bits per heavy atom. The molecule has 8 nitrogen and oxygen atoms in total. The molecule has 1 aliphatic heterocycles. The number of hydrogen-bond donors (Lipinski definition) is 2. The van der Waals surface area contributed by atoms with Gasteiger partial charge in [-0.1, -0.05) is 17.7 Å². The smallest absolute Gasteiger partial charge is 0.305 e. The second-order valence-corrected chi connectivity index (χ2v) is 13.1.